The van der Waals surface area contributed by atoms with Crippen LogP contribution in [0.4, 0.5) is 4.39 Å². The quantitative estimate of drug-likeness (QED) is 0.872. The summed E-state index contributed by atoms with van der Waals surface area (Å²) in [6.07, 6.45) is 2.06. The van der Waals surface area contributed by atoms with E-state index in [2.05, 4.69) is 25.3 Å². The molecule has 0 radical (unpaired) electrons. The average molecular weight is 289 g/mol. The molecule has 1 heterocycles. The molecule has 1 fully saturated rings. The topological polar surface area (TPSA) is 43.8 Å². The minimum Gasteiger partial charge on any atom is -0.331 e. The van der Waals surface area contributed by atoms with Gasteiger partial charge in [0.25, 0.3) is 0 Å². The number of halogens is 1. The zero-order chi connectivity index (χ0) is 15.4. The number of imidazole rings is 1. The first kappa shape index (κ1) is 14.5. The lowest BCUT2D eigenvalue weighted by Crippen LogP contribution is -2.46. The molecular weight excluding hydrogens is 265 g/mol. The molecule has 4 heteroatoms. The molecular formula is C17H24FN3. The SMILES string of the molecule is CC1C(N)CCC(c2nc3cc(F)ccc3n2C)C1(C)C. The predicted molar refractivity (Wildman–Crippen MR) is 83.6 cm³/mol. The molecule has 0 aliphatic heterocycles. The number of nitrogens with zero attached hydrogens (tertiary/aromatic N) is 2. The highest BCUT2D eigenvalue weighted by molar-refractivity contribution is 5.76. The van der Waals surface area contributed by atoms with Gasteiger partial charge in [-0.1, -0.05) is 20.8 Å². The Morgan fingerprint density at radius 2 is 2.05 bits per heavy atom. The summed E-state index contributed by atoms with van der Waals surface area (Å²) in [5, 5.41) is 0. The number of aromatic nitrogens is 2. The van der Waals surface area contributed by atoms with E-state index in [1.807, 2.05) is 13.1 Å². The molecule has 0 saturated heterocycles. The van der Waals surface area contributed by atoms with E-state index in [1.54, 1.807) is 0 Å². The summed E-state index contributed by atoms with van der Waals surface area (Å²) in [6, 6.07) is 5.08. The van der Waals surface area contributed by atoms with Gasteiger partial charge in [-0.2, -0.15) is 0 Å². The Morgan fingerprint density at radius 3 is 2.76 bits per heavy atom. The Morgan fingerprint density at radius 1 is 1.33 bits per heavy atom. The minimum atomic E-state index is -0.231. The van der Waals surface area contributed by atoms with Crippen LogP contribution in [0.15, 0.2) is 18.2 Å². The van der Waals surface area contributed by atoms with Crippen LogP contribution in [-0.4, -0.2) is 15.6 Å². The molecule has 3 nitrogen and oxygen atoms in total. The second-order valence-electron chi connectivity index (χ2n) is 7.07. The molecule has 1 aromatic carbocycles. The Kier molecular flexibility index (Phi) is 3.32. The Balaban J connectivity index is 2.09. The largest absolute Gasteiger partial charge is 0.331 e. The van der Waals surface area contributed by atoms with Crippen molar-refractivity contribution >= 4 is 11.0 Å². The van der Waals surface area contributed by atoms with E-state index < -0.39 is 0 Å². The fourth-order valence-electron chi connectivity index (χ4n) is 3.82. The van der Waals surface area contributed by atoms with Crippen molar-refractivity contribution in [3.8, 4) is 0 Å². The van der Waals surface area contributed by atoms with Gasteiger partial charge < -0.3 is 10.3 Å². The van der Waals surface area contributed by atoms with Gasteiger partial charge in [0, 0.05) is 25.1 Å². The summed E-state index contributed by atoms with van der Waals surface area (Å²) < 4.78 is 15.5. The first-order valence-corrected chi connectivity index (χ1v) is 7.70. The second-order valence-corrected chi connectivity index (χ2v) is 7.07. The summed E-state index contributed by atoms with van der Waals surface area (Å²) in [5.41, 5.74) is 8.07. The zero-order valence-corrected chi connectivity index (χ0v) is 13.2. The van der Waals surface area contributed by atoms with Crippen molar-refractivity contribution in [1.29, 1.82) is 0 Å². The molecule has 2 N–H and O–H groups in total. The predicted octanol–water partition coefficient (Wildman–Crippen LogP) is 3.58. The van der Waals surface area contributed by atoms with E-state index in [1.165, 1.54) is 12.1 Å². The van der Waals surface area contributed by atoms with Gasteiger partial charge >= 0.3 is 0 Å². The standard InChI is InChI=1S/C17H24FN3/c1-10-13(19)7-6-12(17(10,2)3)16-20-14-9-11(18)5-8-15(14)21(16)4/h5,8-10,12-13H,6-7,19H2,1-4H3. The Labute approximate surface area is 125 Å². The summed E-state index contributed by atoms with van der Waals surface area (Å²) in [7, 11) is 2.03. The highest BCUT2D eigenvalue weighted by Crippen LogP contribution is 2.49. The van der Waals surface area contributed by atoms with Crippen LogP contribution in [0.2, 0.25) is 0 Å². The van der Waals surface area contributed by atoms with Crippen LogP contribution in [0, 0.1) is 17.2 Å². The smallest absolute Gasteiger partial charge is 0.125 e. The lowest BCUT2D eigenvalue weighted by atomic mass is 9.61. The van der Waals surface area contributed by atoms with E-state index in [0.717, 1.165) is 29.7 Å². The van der Waals surface area contributed by atoms with Gasteiger partial charge in [-0.3, -0.25) is 0 Å². The third-order valence-electron chi connectivity index (χ3n) is 5.69. The van der Waals surface area contributed by atoms with Gasteiger partial charge in [-0.05, 0) is 36.3 Å². The van der Waals surface area contributed by atoms with Crippen LogP contribution >= 0.6 is 0 Å². The van der Waals surface area contributed by atoms with E-state index >= 15 is 0 Å². The minimum absolute atomic E-state index is 0.0886. The maximum Gasteiger partial charge on any atom is 0.125 e. The van der Waals surface area contributed by atoms with Crippen molar-refractivity contribution in [2.45, 2.75) is 45.6 Å². The number of rotatable bonds is 1. The number of benzene rings is 1. The fraction of sp³-hybridized carbons (Fsp3) is 0.588. The fourth-order valence-corrected chi connectivity index (χ4v) is 3.82. The first-order valence-electron chi connectivity index (χ1n) is 7.70. The van der Waals surface area contributed by atoms with Crippen molar-refractivity contribution in [1.82, 2.24) is 9.55 Å². The normalized spacial score (nSPS) is 29.0. The average Bonchev–Trinajstić information content (AvgIpc) is 2.73. The van der Waals surface area contributed by atoms with Crippen LogP contribution in [-0.2, 0) is 7.05 Å². The summed E-state index contributed by atoms with van der Waals surface area (Å²) in [5.74, 6) is 1.62. The summed E-state index contributed by atoms with van der Waals surface area (Å²) in [4.78, 5) is 4.73. The summed E-state index contributed by atoms with van der Waals surface area (Å²) in [6.45, 7) is 6.79. The third-order valence-corrected chi connectivity index (χ3v) is 5.69. The van der Waals surface area contributed by atoms with Crippen molar-refractivity contribution in [2.75, 3.05) is 0 Å². The van der Waals surface area contributed by atoms with Gasteiger partial charge in [0.1, 0.15) is 11.6 Å². The van der Waals surface area contributed by atoms with Gasteiger partial charge in [0.15, 0.2) is 0 Å². The van der Waals surface area contributed by atoms with Crippen LogP contribution in [0.25, 0.3) is 11.0 Å². The van der Waals surface area contributed by atoms with Crippen molar-refractivity contribution in [3.63, 3.8) is 0 Å². The van der Waals surface area contributed by atoms with E-state index in [0.29, 0.717) is 11.8 Å². The van der Waals surface area contributed by atoms with Crippen LogP contribution in [0.5, 0.6) is 0 Å². The summed E-state index contributed by atoms with van der Waals surface area (Å²) >= 11 is 0. The molecule has 3 atom stereocenters. The Hall–Kier alpha value is -1.42. The number of fused-ring (bicyclic) bond motifs is 1. The molecule has 1 aliphatic carbocycles. The van der Waals surface area contributed by atoms with Crippen LogP contribution in [0.1, 0.15) is 45.4 Å². The van der Waals surface area contributed by atoms with E-state index in [-0.39, 0.29) is 17.3 Å². The lowest BCUT2D eigenvalue weighted by molar-refractivity contribution is 0.0936. The van der Waals surface area contributed by atoms with Crippen molar-refractivity contribution in [3.05, 3.63) is 29.8 Å². The van der Waals surface area contributed by atoms with Gasteiger partial charge in [-0.15, -0.1) is 0 Å². The van der Waals surface area contributed by atoms with E-state index in [9.17, 15) is 4.39 Å². The molecule has 0 amide bonds. The molecule has 1 aromatic heterocycles. The van der Waals surface area contributed by atoms with Crippen LogP contribution < -0.4 is 5.73 Å². The maximum atomic E-state index is 13.4. The first-order chi connectivity index (χ1) is 9.82. The maximum absolute atomic E-state index is 13.4. The molecule has 1 aliphatic rings. The Bertz CT molecular complexity index is 674. The lowest BCUT2D eigenvalue weighted by Gasteiger charge is -2.46. The molecule has 1 saturated carbocycles. The second kappa shape index (κ2) is 4.80. The highest BCUT2D eigenvalue weighted by Gasteiger charge is 2.44. The third kappa shape index (κ3) is 2.16. The van der Waals surface area contributed by atoms with Gasteiger partial charge in [0.05, 0.1) is 11.0 Å². The molecule has 114 valence electrons. The molecule has 3 rings (SSSR count). The molecule has 2 aromatic rings. The van der Waals surface area contributed by atoms with Gasteiger partial charge in [0.2, 0.25) is 0 Å². The van der Waals surface area contributed by atoms with Crippen molar-refractivity contribution in [2.24, 2.45) is 24.1 Å². The van der Waals surface area contributed by atoms with Gasteiger partial charge in [-0.25, -0.2) is 9.37 Å². The number of hydrogen-bond donors (Lipinski definition) is 1. The highest BCUT2D eigenvalue weighted by atomic mass is 19.1. The van der Waals surface area contributed by atoms with Crippen molar-refractivity contribution < 1.29 is 4.39 Å². The van der Waals surface area contributed by atoms with E-state index in [4.69, 9.17) is 10.7 Å². The monoisotopic (exact) mass is 289 g/mol. The zero-order valence-electron chi connectivity index (χ0n) is 13.2. The number of hydrogen-bond acceptors (Lipinski definition) is 2. The molecule has 3 unspecified atom stereocenters. The number of aryl methyl sites for hydroxylation is 1. The molecule has 0 bridgehead atoms. The molecule has 21 heavy (non-hydrogen) atoms. The van der Waals surface area contributed by atoms with Crippen LogP contribution in [0.3, 0.4) is 0 Å². The molecule has 0 spiro atoms. The number of nitrogens with two attached hydrogens (primary N) is 1.